The molecular formula is C18H21N7O5. The van der Waals surface area contributed by atoms with Crippen molar-refractivity contribution in [2.24, 2.45) is 5.10 Å². The molecule has 0 unspecified atom stereocenters. The molecule has 6 N–H and O–H groups in total. The number of aliphatic hydroxyl groups is 3. The Morgan fingerprint density at radius 1 is 1.33 bits per heavy atom. The number of nitrogens with two attached hydrogens (primary N) is 1. The highest BCUT2D eigenvalue weighted by Crippen LogP contribution is 2.32. The van der Waals surface area contributed by atoms with E-state index in [0.717, 1.165) is 5.56 Å². The van der Waals surface area contributed by atoms with Crippen LogP contribution >= 0.6 is 0 Å². The van der Waals surface area contributed by atoms with E-state index in [9.17, 15) is 15.3 Å². The van der Waals surface area contributed by atoms with Gasteiger partial charge in [-0.15, -0.1) is 0 Å². The largest absolute Gasteiger partial charge is 0.497 e. The SMILES string of the molecule is COc1cccc(/C=N/Nc2nc(N)c3ncn([C@@H]4O[C@H](CO)[C@@H](O)[C@H]4O)c3n2)c1. The van der Waals surface area contributed by atoms with Gasteiger partial charge in [0, 0.05) is 0 Å². The summed E-state index contributed by atoms with van der Waals surface area (Å²) < 4.78 is 12.1. The maximum atomic E-state index is 10.3. The fraction of sp³-hybridized carbons (Fsp3) is 0.333. The Bertz CT molecular complexity index is 1070. The summed E-state index contributed by atoms with van der Waals surface area (Å²) in [6.45, 7) is -0.440. The zero-order chi connectivity index (χ0) is 21.3. The molecule has 4 atom stereocenters. The van der Waals surface area contributed by atoms with Crippen LogP contribution in [0, 0.1) is 0 Å². The molecule has 0 bridgehead atoms. The molecule has 3 aromatic rings. The van der Waals surface area contributed by atoms with Gasteiger partial charge in [-0.3, -0.25) is 4.57 Å². The molecule has 1 aliphatic heterocycles. The molecule has 3 heterocycles. The first-order valence-electron chi connectivity index (χ1n) is 9.07. The molecule has 12 heteroatoms. The number of anilines is 2. The maximum Gasteiger partial charge on any atom is 0.247 e. The number of fused-ring (bicyclic) bond motifs is 1. The van der Waals surface area contributed by atoms with E-state index in [1.807, 2.05) is 18.2 Å². The predicted octanol–water partition coefficient (Wildman–Crippen LogP) is -0.525. The second-order valence-corrected chi connectivity index (χ2v) is 6.63. The van der Waals surface area contributed by atoms with Crippen molar-refractivity contribution in [1.29, 1.82) is 0 Å². The minimum atomic E-state index is -1.28. The molecule has 158 valence electrons. The normalized spacial score (nSPS) is 24.0. The maximum absolute atomic E-state index is 10.3. The van der Waals surface area contributed by atoms with E-state index in [4.69, 9.17) is 15.2 Å². The lowest BCUT2D eigenvalue weighted by molar-refractivity contribution is -0.0511. The molecule has 4 rings (SSSR count). The summed E-state index contributed by atoms with van der Waals surface area (Å²) in [7, 11) is 1.58. The van der Waals surface area contributed by atoms with Crippen LogP contribution in [-0.2, 0) is 4.74 Å². The summed E-state index contributed by atoms with van der Waals surface area (Å²) in [5.74, 6) is 0.903. The van der Waals surface area contributed by atoms with E-state index in [1.54, 1.807) is 19.4 Å². The number of hydrogen-bond acceptors (Lipinski definition) is 11. The quantitative estimate of drug-likeness (QED) is 0.260. The van der Waals surface area contributed by atoms with Gasteiger partial charge in [-0.05, 0) is 17.7 Å². The number of aliphatic hydroxyl groups excluding tert-OH is 3. The van der Waals surface area contributed by atoms with Crippen LogP contribution in [0.25, 0.3) is 11.2 Å². The Hall–Kier alpha value is -3.32. The van der Waals surface area contributed by atoms with Gasteiger partial charge in [-0.25, -0.2) is 10.4 Å². The van der Waals surface area contributed by atoms with Crippen molar-refractivity contribution in [3.8, 4) is 5.75 Å². The van der Waals surface area contributed by atoms with Gasteiger partial charge in [0.05, 0.1) is 26.3 Å². The van der Waals surface area contributed by atoms with Crippen molar-refractivity contribution < 1.29 is 24.8 Å². The fourth-order valence-electron chi connectivity index (χ4n) is 3.17. The van der Waals surface area contributed by atoms with Crippen molar-refractivity contribution in [2.45, 2.75) is 24.5 Å². The van der Waals surface area contributed by atoms with E-state index in [-0.39, 0.29) is 17.4 Å². The van der Waals surface area contributed by atoms with Crippen LogP contribution in [-0.4, -0.2) is 73.1 Å². The summed E-state index contributed by atoms with van der Waals surface area (Å²) in [5, 5.41) is 33.7. The van der Waals surface area contributed by atoms with E-state index >= 15 is 0 Å². The number of aromatic nitrogens is 4. The topological polar surface area (TPSA) is 173 Å². The first-order chi connectivity index (χ1) is 14.5. The minimum Gasteiger partial charge on any atom is -0.497 e. The monoisotopic (exact) mass is 415 g/mol. The Morgan fingerprint density at radius 3 is 2.90 bits per heavy atom. The number of ether oxygens (including phenoxy) is 2. The Balaban J connectivity index is 1.60. The number of nitrogens with one attached hydrogen (secondary N) is 1. The van der Waals surface area contributed by atoms with E-state index in [1.165, 1.54) is 10.9 Å². The van der Waals surface area contributed by atoms with Crippen LogP contribution in [0.15, 0.2) is 35.7 Å². The number of methoxy groups -OCH3 is 1. The molecule has 12 nitrogen and oxygen atoms in total. The van der Waals surface area contributed by atoms with Gasteiger partial charge < -0.3 is 30.5 Å². The molecule has 0 radical (unpaired) electrons. The predicted molar refractivity (Wildman–Crippen MR) is 107 cm³/mol. The van der Waals surface area contributed by atoms with Gasteiger partial charge in [0.25, 0.3) is 0 Å². The number of hydrazone groups is 1. The molecule has 1 aliphatic rings. The number of benzene rings is 1. The molecular weight excluding hydrogens is 394 g/mol. The third kappa shape index (κ3) is 3.64. The molecule has 1 fully saturated rings. The van der Waals surface area contributed by atoms with Crippen molar-refractivity contribution in [2.75, 3.05) is 24.9 Å². The molecule has 1 aromatic carbocycles. The van der Waals surface area contributed by atoms with Gasteiger partial charge >= 0.3 is 0 Å². The van der Waals surface area contributed by atoms with Gasteiger partial charge in [0.15, 0.2) is 17.7 Å². The standard InChI is InChI=1S/C18H21N7O5/c1-29-10-4-2-3-9(5-10)6-21-24-18-22-15(19)12-16(23-18)25(8-20-12)17-14(28)13(27)11(7-26)30-17/h2-6,8,11,13-14,17,26-28H,7H2,1H3,(H3,19,22,23,24)/b21-6+/t11-,13-,14-,17-/m1/s1. The summed E-state index contributed by atoms with van der Waals surface area (Å²) in [5.41, 5.74) is 10.1. The van der Waals surface area contributed by atoms with Crippen molar-refractivity contribution >= 4 is 29.1 Å². The Morgan fingerprint density at radius 2 is 2.17 bits per heavy atom. The Kier molecular flexibility index (Phi) is 5.46. The molecule has 2 aromatic heterocycles. The number of hydrogen-bond donors (Lipinski definition) is 5. The highest BCUT2D eigenvalue weighted by molar-refractivity contribution is 5.83. The van der Waals surface area contributed by atoms with E-state index < -0.39 is 31.1 Å². The second-order valence-electron chi connectivity index (χ2n) is 6.63. The number of nitrogen functional groups attached to an aromatic ring is 1. The summed E-state index contributed by atoms with van der Waals surface area (Å²) in [6.07, 6.45) is -1.51. The zero-order valence-corrected chi connectivity index (χ0v) is 16.0. The number of rotatable bonds is 6. The third-order valence-electron chi connectivity index (χ3n) is 4.71. The van der Waals surface area contributed by atoms with Gasteiger partial charge in [0.1, 0.15) is 29.6 Å². The van der Waals surface area contributed by atoms with Crippen LogP contribution < -0.4 is 15.9 Å². The first-order valence-corrected chi connectivity index (χ1v) is 9.07. The lowest BCUT2D eigenvalue weighted by Crippen LogP contribution is -2.33. The number of nitrogens with zero attached hydrogens (tertiary/aromatic N) is 5. The van der Waals surface area contributed by atoms with Gasteiger partial charge in [-0.2, -0.15) is 15.1 Å². The zero-order valence-electron chi connectivity index (χ0n) is 16.0. The summed E-state index contributed by atoms with van der Waals surface area (Å²) >= 11 is 0. The highest BCUT2D eigenvalue weighted by atomic mass is 16.6. The highest BCUT2D eigenvalue weighted by Gasteiger charge is 2.44. The first kappa shape index (κ1) is 20.0. The van der Waals surface area contributed by atoms with Crippen molar-refractivity contribution in [3.63, 3.8) is 0 Å². The average molecular weight is 415 g/mol. The lowest BCUT2D eigenvalue weighted by atomic mass is 10.1. The minimum absolute atomic E-state index is 0.101. The summed E-state index contributed by atoms with van der Waals surface area (Å²) in [4.78, 5) is 12.6. The van der Waals surface area contributed by atoms with Crippen LogP contribution in [0.4, 0.5) is 11.8 Å². The lowest BCUT2D eigenvalue weighted by Gasteiger charge is -2.16. The van der Waals surface area contributed by atoms with E-state index in [0.29, 0.717) is 11.3 Å². The second kappa shape index (κ2) is 8.20. The van der Waals surface area contributed by atoms with E-state index in [2.05, 4.69) is 25.5 Å². The average Bonchev–Trinajstić information content (AvgIpc) is 3.29. The third-order valence-corrected chi connectivity index (χ3v) is 4.71. The molecule has 0 aliphatic carbocycles. The van der Waals surface area contributed by atoms with Crippen molar-refractivity contribution in [3.05, 3.63) is 36.2 Å². The molecule has 1 saturated heterocycles. The van der Waals surface area contributed by atoms with Gasteiger partial charge in [0.2, 0.25) is 5.95 Å². The van der Waals surface area contributed by atoms with Crippen LogP contribution in [0.3, 0.4) is 0 Å². The summed E-state index contributed by atoms with van der Waals surface area (Å²) in [6, 6.07) is 7.31. The van der Waals surface area contributed by atoms with Crippen LogP contribution in [0.2, 0.25) is 0 Å². The Labute approximate surface area is 170 Å². The smallest absolute Gasteiger partial charge is 0.247 e. The van der Waals surface area contributed by atoms with Crippen molar-refractivity contribution in [1.82, 2.24) is 19.5 Å². The van der Waals surface area contributed by atoms with Gasteiger partial charge in [-0.1, -0.05) is 12.1 Å². The van der Waals surface area contributed by atoms with Crippen LogP contribution in [0.5, 0.6) is 5.75 Å². The molecule has 0 saturated carbocycles. The molecule has 0 spiro atoms. The van der Waals surface area contributed by atoms with Crippen LogP contribution in [0.1, 0.15) is 11.8 Å². The molecule has 30 heavy (non-hydrogen) atoms. The number of imidazole rings is 1. The fourth-order valence-corrected chi connectivity index (χ4v) is 3.17. The molecule has 0 amide bonds.